The predicted molar refractivity (Wildman–Crippen MR) is 56.3 cm³/mol. The van der Waals surface area contributed by atoms with Crippen LogP contribution in [0.1, 0.15) is 25.7 Å². The summed E-state index contributed by atoms with van der Waals surface area (Å²) < 4.78 is 25.1. The summed E-state index contributed by atoms with van der Waals surface area (Å²) in [6.07, 6.45) is 5.00. The summed E-state index contributed by atoms with van der Waals surface area (Å²) in [5.41, 5.74) is 0. The molecule has 0 radical (unpaired) electrons. The number of nitrogens with zero attached hydrogens (tertiary/aromatic N) is 1. The van der Waals surface area contributed by atoms with Crippen molar-refractivity contribution in [3.63, 3.8) is 0 Å². The third kappa shape index (κ3) is 3.18. The van der Waals surface area contributed by atoms with Gasteiger partial charge in [-0.1, -0.05) is 0 Å². The molecule has 2 aliphatic carbocycles. The highest BCUT2D eigenvalue weighted by Gasteiger charge is 2.41. The highest BCUT2D eigenvalue weighted by molar-refractivity contribution is 7.89. The van der Waals surface area contributed by atoms with E-state index in [4.69, 9.17) is 5.26 Å². The normalized spacial score (nSPS) is 21.6. The SMILES string of the molecule is N#CCS(=O)(=O)NCC(C1CC1)C1CC1. The molecule has 2 rings (SSSR count). The highest BCUT2D eigenvalue weighted by Crippen LogP contribution is 2.48. The average molecular weight is 228 g/mol. The van der Waals surface area contributed by atoms with Gasteiger partial charge < -0.3 is 0 Å². The fraction of sp³-hybridized carbons (Fsp3) is 0.900. The van der Waals surface area contributed by atoms with Gasteiger partial charge in [0.05, 0.1) is 6.07 Å². The van der Waals surface area contributed by atoms with Crippen LogP contribution in [0.4, 0.5) is 0 Å². The smallest absolute Gasteiger partial charge is 0.214 e. The van der Waals surface area contributed by atoms with Crippen molar-refractivity contribution >= 4 is 10.0 Å². The molecule has 5 heteroatoms. The molecule has 15 heavy (non-hydrogen) atoms. The van der Waals surface area contributed by atoms with Crippen molar-refractivity contribution in [1.29, 1.82) is 5.26 Å². The molecule has 0 aliphatic heterocycles. The van der Waals surface area contributed by atoms with Crippen LogP contribution >= 0.6 is 0 Å². The van der Waals surface area contributed by atoms with Gasteiger partial charge in [-0.15, -0.1) is 0 Å². The monoisotopic (exact) mass is 228 g/mol. The minimum absolute atomic E-state index is 0.422. The summed E-state index contributed by atoms with van der Waals surface area (Å²) in [6.45, 7) is 0.541. The van der Waals surface area contributed by atoms with Crippen molar-refractivity contribution in [1.82, 2.24) is 4.72 Å². The summed E-state index contributed by atoms with van der Waals surface area (Å²) >= 11 is 0. The predicted octanol–water partition coefficient (Wildman–Crippen LogP) is 0.866. The number of hydrogen-bond donors (Lipinski definition) is 1. The van der Waals surface area contributed by atoms with Gasteiger partial charge in [-0.05, 0) is 43.4 Å². The van der Waals surface area contributed by atoms with E-state index in [1.807, 2.05) is 0 Å². The molecule has 1 N–H and O–H groups in total. The van der Waals surface area contributed by atoms with Crippen LogP contribution in [0.15, 0.2) is 0 Å². The van der Waals surface area contributed by atoms with E-state index >= 15 is 0 Å². The quantitative estimate of drug-likeness (QED) is 0.733. The fourth-order valence-corrected chi connectivity index (χ4v) is 2.84. The average Bonchev–Trinajstić information content (AvgIpc) is 2.99. The molecule has 0 atom stereocenters. The molecule has 0 aromatic rings. The van der Waals surface area contributed by atoms with Crippen LogP contribution in [0.5, 0.6) is 0 Å². The molecule has 0 saturated heterocycles. The van der Waals surface area contributed by atoms with E-state index in [-0.39, 0.29) is 0 Å². The highest BCUT2D eigenvalue weighted by atomic mass is 32.2. The summed E-state index contributed by atoms with van der Waals surface area (Å²) in [7, 11) is -3.35. The number of nitriles is 1. The van der Waals surface area contributed by atoms with Crippen LogP contribution in [0.25, 0.3) is 0 Å². The standard InChI is InChI=1S/C10H16N2O2S/c11-5-6-15(13,14)12-7-10(8-1-2-8)9-3-4-9/h8-10,12H,1-4,6-7H2. The Balaban J connectivity index is 1.82. The van der Waals surface area contributed by atoms with E-state index in [1.54, 1.807) is 6.07 Å². The maximum Gasteiger partial charge on any atom is 0.225 e. The lowest BCUT2D eigenvalue weighted by Crippen LogP contribution is -2.32. The molecule has 0 amide bonds. The lowest BCUT2D eigenvalue weighted by molar-refractivity contribution is 0.402. The van der Waals surface area contributed by atoms with E-state index in [0.29, 0.717) is 12.5 Å². The first-order valence-electron chi connectivity index (χ1n) is 5.46. The van der Waals surface area contributed by atoms with E-state index < -0.39 is 15.8 Å². The second-order valence-corrected chi connectivity index (χ2v) is 6.41. The van der Waals surface area contributed by atoms with E-state index in [1.165, 1.54) is 25.7 Å². The zero-order valence-electron chi connectivity index (χ0n) is 8.65. The van der Waals surface area contributed by atoms with Gasteiger partial charge in [-0.3, -0.25) is 0 Å². The Morgan fingerprint density at radius 1 is 1.27 bits per heavy atom. The molecule has 2 fully saturated rings. The van der Waals surface area contributed by atoms with Crippen LogP contribution in [-0.4, -0.2) is 20.7 Å². The Hall–Kier alpha value is -0.600. The van der Waals surface area contributed by atoms with Gasteiger partial charge >= 0.3 is 0 Å². The second kappa shape index (κ2) is 4.11. The summed E-state index contributed by atoms with van der Waals surface area (Å²) in [5.74, 6) is 1.58. The fourth-order valence-electron chi connectivity index (χ4n) is 2.13. The summed E-state index contributed by atoms with van der Waals surface area (Å²) in [6, 6.07) is 1.67. The van der Waals surface area contributed by atoms with Gasteiger partial charge in [0.15, 0.2) is 5.75 Å². The Bertz CT molecular complexity index is 351. The van der Waals surface area contributed by atoms with Crippen molar-refractivity contribution < 1.29 is 8.42 Å². The molecule has 0 spiro atoms. The molecule has 2 saturated carbocycles. The van der Waals surface area contributed by atoms with Gasteiger partial charge in [0.2, 0.25) is 10.0 Å². The second-order valence-electron chi connectivity index (χ2n) is 4.60. The first-order valence-corrected chi connectivity index (χ1v) is 7.12. The lowest BCUT2D eigenvalue weighted by Gasteiger charge is -2.15. The van der Waals surface area contributed by atoms with Crippen molar-refractivity contribution in [2.24, 2.45) is 17.8 Å². The van der Waals surface area contributed by atoms with Crippen molar-refractivity contribution in [2.45, 2.75) is 25.7 Å². The molecule has 0 aromatic carbocycles. The van der Waals surface area contributed by atoms with Crippen molar-refractivity contribution in [2.75, 3.05) is 12.3 Å². The molecule has 84 valence electrons. The summed E-state index contributed by atoms with van der Waals surface area (Å²) in [4.78, 5) is 0. The molecule has 2 aliphatic rings. The van der Waals surface area contributed by atoms with Gasteiger partial charge in [-0.25, -0.2) is 13.1 Å². The minimum atomic E-state index is -3.35. The van der Waals surface area contributed by atoms with Crippen molar-refractivity contribution in [3.8, 4) is 6.07 Å². The van der Waals surface area contributed by atoms with Crippen LogP contribution in [0, 0.1) is 29.1 Å². The first-order chi connectivity index (χ1) is 7.12. The van der Waals surface area contributed by atoms with Crippen LogP contribution in [0.3, 0.4) is 0 Å². The van der Waals surface area contributed by atoms with Gasteiger partial charge in [0.1, 0.15) is 0 Å². The van der Waals surface area contributed by atoms with Crippen molar-refractivity contribution in [3.05, 3.63) is 0 Å². The zero-order valence-corrected chi connectivity index (χ0v) is 9.46. The largest absolute Gasteiger partial charge is 0.225 e. The number of rotatable bonds is 6. The Kier molecular flexibility index (Phi) is 2.98. The van der Waals surface area contributed by atoms with Gasteiger partial charge in [0, 0.05) is 6.54 Å². The number of hydrogen-bond acceptors (Lipinski definition) is 3. The van der Waals surface area contributed by atoms with Gasteiger partial charge in [0.25, 0.3) is 0 Å². The minimum Gasteiger partial charge on any atom is -0.214 e. The van der Waals surface area contributed by atoms with Crippen LogP contribution in [-0.2, 0) is 10.0 Å². The zero-order chi connectivity index (χ0) is 10.9. The Morgan fingerprint density at radius 3 is 2.20 bits per heavy atom. The van der Waals surface area contributed by atoms with E-state index in [2.05, 4.69) is 4.72 Å². The van der Waals surface area contributed by atoms with E-state index in [9.17, 15) is 8.42 Å². The molecule has 0 aromatic heterocycles. The molecule has 0 bridgehead atoms. The number of nitrogens with one attached hydrogen (secondary N) is 1. The van der Waals surface area contributed by atoms with Crippen LogP contribution in [0.2, 0.25) is 0 Å². The molecule has 4 nitrogen and oxygen atoms in total. The van der Waals surface area contributed by atoms with E-state index in [0.717, 1.165) is 11.8 Å². The molecular formula is C10H16N2O2S. The Labute approximate surface area is 90.7 Å². The molecule has 0 heterocycles. The third-order valence-electron chi connectivity index (χ3n) is 3.25. The summed E-state index contributed by atoms with van der Waals surface area (Å²) in [5, 5.41) is 8.34. The molecular weight excluding hydrogens is 212 g/mol. The number of sulfonamides is 1. The lowest BCUT2D eigenvalue weighted by atomic mass is 9.99. The topological polar surface area (TPSA) is 70.0 Å². The Morgan fingerprint density at radius 2 is 1.80 bits per heavy atom. The molecule has 0 unspecified atom stereocenters. The van der Waals surface area contributed by atoms with Gasteiger partial charge in [-0.2, -0.15) is 5.26 Å². The maximum absolute atomic E-state index is 11.3. The third-order valence-corrected chi connectivity index (χ3v) is 4.36. The first kappa shape index (κ1) is 10.9. The van der Waals surface area contributed by atoms with Crippen LogP contribution < -0.4 is 4.72 Å². The maximum atomic E-state index is 11.3.